The summed E-state index contributed by atoms with van der Waals surface area (Å²) in [5.41, 5.74) is 0. The van der Waals surface area contributed by atoms with E-state index in [1.807, 2.05) is 0 Å². The predicted octanol–water partition coefficient (Wildman–Crippen LogP) is 0.775. The fourth-order valence-electron chi connectivity index (χ4n) is 1.91. The van der Waals surface area contributed by atoms with E-state index in [1.54, 1.807) is 31.2 Å². The zero-order chi connectivity index (χ0) is 16.1. The molecule has 1 aliphatic heterocycles. The molecule has 4 amide bonds. The van der Waals surface area contributed by atoms with Crippen LogP contribution in [-0.4, -0.2) is 48.5 Å². The average molecular weight is 326 g/mol. The van der Waals surface area contributed by atoms with Crippen molar-refractivity contribution in [1.29, 1.82) is 0 Å². The average Bonchev–Trinajstić information content (AvgIpc) is 2.78. The zero-order valence-electron chi connectivity index (χ0n) is 12.0. The first-order valence-corrected chi connectivity index (χ1v) is 7.13. The number of carbonyl (C=O) groups excluding carboxylic acids is 3. The minimum atomic E-state index is -0.721. The van der Waals surface area contributed by atoms with Gasteiger partial charge in [-0.2, -0.15) is 0 Å². The van der Waals surface area contributed by atoms with Gasteiger partial charge in [0.05, 0.1) is 6.54 Å². The van der Waals surface area contributed by atoms with Gasteiger partial charge in [0, 0.05) is 18.1 Å². The number of nitrogens with zero attached hydrogens (tertiary/aromatic N) is 1. The normalized spacial score (nSPS) is 15.5. The van der Waals surface area contributed by atoms with Gasteiger partial charge in [0.15, 0.2) is 6.10 Å². The molecule has 0 bridgehead atoms. The highest BCUT2D eigenvalue weighted by molar-refractivity contribution is 6.30. The highest BCUT2D eigenvalue weighted by Crippen LogP contribution is 2.18. The number of benzene rings is 1. The fourth-order valence-corrected chi connectivity index (χ4v) is 2.09. The van der Waals surface area contributed by atoms with Gasteiger partial charge >= 0.3 is 6.03 Å². The number of halogens is 1. The Bertz CT molecular complexity index is 577. The molecule has 0 saturated carbocycles. The van der Waals surface area contributed by atoms with Crippen LogP contribution in [0, 0.1) is 0 Å². The monoisotopic (exact) mass is 325 g/mol. The molecule has 1 atom stereocenters. The van der Waals surface area contributed by atoms with Crippen molar-refractivity contribution in [2.45, 2.75) is 13.0 Å². The summed E-state index contributed by atoms with van der Waals surface area (Å²) in [6.45, 7) is 1.90. The summed E-state index contributed by atoms with van der Waals surface area (Å²) in [5, 5.41) is 5.54. The Morgan fingerprint density at radius 1 is 1.50 bits per heavy atom. The first kappa shape index (κ1) is 16.1. The minimum absolute atomic E-state index is 0.00105. The van der Waals surface area contributed by atoms with Gasteiger partial charge in [-0.25, -0.2) is 4.79 Å². The van der Waals surface area contributed by atoms with Gasteiger partial charge in [0.2, 0.25) is 5.91 Å². The number of ether oxygens (including phenoxy) is 1. The molecule has 7 nitrogen and oxygen atoms in total. The van der Waals surface area contributed by atoms with E-state index in [0.717, 1.165) is 4.90 Å². The van der Waals surface area contributed by atoms with Crippen LogP contribution >= 0.6 is 11.6 Å². The van der Waals surface area contributed by atoms with Gasteiger partial charge in [-0.05, 0) is 25.1 Å². The van der Waals surface area contributed by atoms with Crippen LogP contribution in [0.1, 0.15) is 6.92 Å². The molecule has 0 aromatic heterocycles. The second-order valence-electron chi connectivity index (χ2n) is 4.71. The highest BCUT2D eigenvalue weighted by Gasteiger charge is 2.28. The SMILES string of the molecule is C[C@@H](Oc1cccc(Cl)c1)C(=O)NCCN1C(=O)CNC1=O. The van der Waals surface area contributed by atoms with E-state index in [4.69, 9.17) is 16.3 Å². The molecule has 1 heterocycles. The van der Waals surface area contributed by atoms with Crippen LogP contribution in [0.5, 0.6) is 5.75 Å². The number of hydrogen-bond acceptors (Lipinski definition) is 4. The maximum atomic E-state index is 11.9. The van der Waals surface area contributed by atoms with Gasteiger partial charge < -0.3 is 15.4 Å². The van der Waals surface area contributed by atoms with Crippen molar-refractivity contribution < 1.29 is 19.1 Å². The summed E-state index contributed by atoms with van der Waals surface area (Å²) in [7, 11) is 0. The van der Waals surface area contributed by atoms with Crippen LogP contribution in [0.15, 0.2) is 24.3 Å². The number of imide groups is 1. The van der Waals surface area contributed by atoms with E-state index in [1.165, 1.54) is 0 Å². The molecule has 1 saturated heterocycles. The molecular weight excluding hydrogens is 310 g/mol. The van der Waals surface area contributed by atoms with Crippen molar-refractivity contribution in [3.05, 3.63) is 29.3 Å². The molecule has 1 aromatic rings. The standard InChI is InChI=1S/C14H16ClN3O4/c1-9(22-11-4-2-3-10(15)7-11)13(20)16-5-6-18-12(19)8-17-14(18)21/h2-4,7,9H,5-6,8H2,1H3,(H,16,20)(H,17,21)/t9-/m1/s1. The van der Waals surface area contributed by atoms with E-state index in [-0.39, 0.29) is 31.4 Å². The van der Waals surface area contributed by atoms with Crippen molar-refractivity contribution in [2.24, 2.45) is 0 Å². The molecule has 0 unspecified atom stereocenters. The summed E-state index contributed by atoms with van der Waals surface area (Å²) >= 11 is 5.84. The molecule has 1 fully saturated rings. The molecular formula is C14H16ClN3O4. The number of carbonyl (C=O) groups is 3. The second-order valence-corrected chi connectivity index (χ2v) is 5.15. The molecule has 118 valence electrons. The second kappa shape index (κ2) is 7.13. The minimum Gasteiger partial charge on any atom is -0.481 e. The molecule has 0 radical (unpaired) electrons. The molecule has 2 N–H and O–H groups in total. The topological polar surface area (TPSA) is 87.7 Å². The van der Waals surface area contributed by atoms with Gasteiger partial charge in [-0.1, -0.05) is 17.7 Å². The number of hydrogen-bond donors (Lipinski definition) is 2. The third-order valence-electron chi connectivity index (χ3n) is 3.05. The fraction of sp³-hybridized carbons (Fsp3) is 0.357. The number of urea groups is 1. The van der Waals surface area contributed by atoms with Crippen LogP contribution < -0.4 is 15.4 Å². The third-order valence-corrected chi connectivity index (χ3v) is 3.28. The lowest BCUT2D eigenvalue weighted by molar-refractivity contribution is -0.128. The van der Waals surface area contributed by atoms with Crippen LogP contribution in [0.2, 0.25) is 5.02 Å². The Morgan fingerprint density at radius 2 is 2.27 bits per heavy atom. The Hall–Kier alpha value is -2.28. The number of nitrogens with one attached hydrogen (secondary N) is 2. The first-order chi connectivity index (χ1) is 10.5. The largest absolute Gasteiger partial charge is 0.481 e. The Kier molecular flexibility index (Phi) is 5.21. The van der Waals surface area contributed by atoms with Crippen molar-refractivity contribution in [1.82, 2.24) is 15.5 Å². The van der Waals surface area contributed by atoms with Crippen molar-refractivity contribution in [3.63, 3.8) is 0 Å². The maximum absolute atomic E-state index is 11.9. The molecule has 0 aliphatic carbocycles. The summed E-state index contributed by atoms with van der Waals surface area (Å²) in [4.78, 5) is 35.6. The van der Waals surface area contributed by atoms with Crippen molar-refractivity contribution in [3.8, 4) is 5.75 Å². The summed E-state index contributed by atoms with van der Waals surface area (Å²) < 4.78 is 5.47. The van der Waals surface area contributed by atoms with E-state index in [0.29, 0.717) is 10.8 Å². The van der Waals surface area contributed by atoms with Gasteiger partial charge in [-0.15, -0.1) is 0 Å². The van der Waals surface area contributed by atoms with E-state index in [2.05, 4.69) is 10.6 Å². The lowest BCUT2D eigenvalue weighted by Gasteiger charge is -2.16. The van der Waals surface area contributed by atoms with Crippen LogP contribution in [0.4, 0.5) is 4.79 Å². The quantitative estimate of drug-likeness (QED) is 0.756. The molecule has 22 heavy (non-hydrogen) atoms. The van der Waals surface area contributed by atoms with Gasteiger partial charge in [0.1, 0.15) is 5.75 Å². The molecule has 8 heteroatoms. The van der Waals surface area contributed by atoms with Crippen LogP contribution in [0.25, 0.3) is 0 Å². The van der Waals surface area contributed by atoms with Gasteiger partial charge in [-0.3, -0.25) is 14.5 Å². The summed E-state index contributed by atoms with van der Waals surface area (Å²) in [6, 6.07) is 6.29. The molecule has 0 spiro atoms. The third kappa shape index (κ3) is 4.11. The predicted molar refractivity (Wildman–Crippen MR) is 79.7 cm³/mol. The van der Waals surface area contributed by atoms with Crippen LogP contribution in [0.3, 0.4) is 0 Å². The molecule has 2 rings (SSSR count). The number of amides is 4. The highest BCUT2D eigenvalue weighted by atomic mass is 35.5. The number of rotatable bonds is 6. The summed E-state index contributed by atoms with van der Waals surface area (Å²) in [5.74, 6) is -0.154. The first-order valence-electron chi connectivity index (χ1n) is 6.75. The van der Waals surface area contributed by atoms with Crippen LogP contribution in [-0.2, 0) is 9.59 Å². The summed E-state index contributed by atoms with van der Waals surface area (Å²) in [6.07, 6.45) is -0.721. The van der Waals surface area contributed by atoms with Crippen molar-refractivity contribution >= 4 is 29.4 Å². The maximum Gasteiger partial charge on any atom is 0.324 e. The lowest BCUT2D eigenvalue weighted by Crippen LogP contribution is -2.42. The van der Waals surface area contributed by atoms with Gasteiger partial charge in [0.25, 0.3) is 5.91 Å². The molecule has 1 aromatic carbocycles. The Morgan fingerprint density at radius 3 is 2.91 bits per heavy atom. The smallest absolute Gasteiger partial charge is 0.324 e. The Balaban J connectivity index is 1.77. The zero-order valence-corrected chi connectivity index (χ0v) is 12.7. The van der Waals surface area contributed by atoms with E-state index in [9.17, 15) is 14.4 Å². The van der Waals surface area contributed by atoms with E-state index < -0.39 is 12.1 Å². The molecule has 1 aliphatic rings. The Labute approximate surface area is 132 Å². The van der Waals surface area contributed by atoms with Crippen molar-refractivity contribution in [2.75, 3.05) is 19.6 Å². The van der Waals surface area contributed by atoms with E-state index >= 15 is 0 Å². The lowest BCUT2D eigenvalue weighted by atomic mass is 10.3.